The molecule has 1 aliphatic rings. The van der Waals surface area contributed by atoms with Crippen LogP contribution >= 0.6 is 11.3 Å². The van der Waals surface area contributed by atoms with Crippen molar-refractivity contribution >= 4 is 17.2 Å². The fraction of sp³-hybridized carbons (Fsp3) is 0.611. The third-order valence-electron chi connectivity index (χ3n) is 5.01. The van der Waals surface area contributed by atoms with Gasteiger partial charge in [0, 0.05) is 43.8 Å². The second-order valence-electron chi connectivity index (χ2n) is 7.08. The fourth-order valence-electron chi connectivity index (χ4n) is 3.80. The number of hydrogen-bond acceptors (Lipinski definition) is 5. The van der Waals surface area contributed by atoms with Crippen LogP contribution in [-0.4, -0.2) is 57.7 Å². The summed E-state index contributed by atoms with van der Waals surface area (Å²) < 4.78 is 1.86. The van der Waals surface area contributed by atoms with Gasteiger partial charge in [-0.2, -0.15) is 5.10 Å². The number of piperidine rings is 1. The summed E-state index contributed by atoms with van der Waals surface area (Å²) in [7, 11) is 6.03. The molecule has 7 heteroatoms. The highest BCUT2D eigenvalue weighted by molar-refractivity contribution is 7.09. The van der Waals surface area contributed by atoms with Crippen molar-refractivity contribution in [2.75, 3.05) is 27.2 Å². The molecule has 0 N–H and O–H groups in total. The van der Waals surface area contributed by atoms with Gasteiger partial charge in [-0.25, -0.2) is 4.98 Å². The Labute approximate surface area is 153 Å². The summed E-state index contributed by atoms with van der Waals surface area (Å²) in [5.74, 6) is 0.567. The van der Waals surface area contributed by atoms with Gasteiger partial charge in [0.1, 0.15) is 0 Å². The van der Waals surface area contributed by atoms with Crippen molar-refractivity contribution in [3.8, 4) is 0 Å². The Hall–Kier alpha value is -1.73. The Morgan fingerprint density at radius 2 is 2.24 bits per heavy atom. The van der Waals surface area contributed by atoms with Crippen LogP contribution in [0.25, 0.3) is 0 Å². The van der Waals surface area contributed by atoms with Crippen molar-refractivity contribution in [2.24, 2.45) is 13.0 Å². The number of hydrogen-bond donors (Lipinski definition) is 0. The molecule has 6 nitrogen and oxygen atoms in total. The van der Waals surface area contributed by atoms with E-state index in [2.05, 4.69) is 28.2 Å². The van der Waals surface area contributed by atoms with Crippen LogP contribution in [-0.2, 0) is 18.3 Å². The number of rotatable bonds is 5. The molecule has 2 aromatic rings. The predicted molar refractivity (Wildman–Crippen MR) is 99.5 cm³/mol. The van der Waals surface area contributed by atoms with Crippen LogP contribution in [0.15, 0.2) is 17.8 Å². The Bertz CT molecular complexity index is 725. The summed E-state index contributed by atoms with van der Waals surface area (Å²) in [4.78, 5) is 21.3. The van der Waals surface area contributed by atoms with E-state index in [-0.39, 0.29) is 5.91 Å². The standard InChI is InChI=1S/C18H27N5OS/c1-13-20-16(12-25-13)8-17(24)22(3)10-14-6-5-7-21(2)18(14)15-9-19-23(4)11-15/h9,11-12,14,18H,5-8,10H2,1-4H3/t14-,18+/m0/s1. The van der Waals surface area contributed by atoms with E-state index in [0.29, 0.717) is 18.4 Å². The third-order valence-corrected chi connectivity index (χ3v) is 5.83. The number of aromatic nitrogens is 3. The molecule has 1 aliphatic heterocycles. The summed E-state index contributed by atoms with van der Waals surface area (Å²) in [6.45, 7) is 3.83. The Kier molecular flexibility index (Phi) is 5.54. The molecule has 25 heavy (non-hydrogen) atoms. The van der Waals surface area contributed by atoms with Gasteiger partial charge in [0.05, 0.1) is 23.3 Å². The number of aryl methyl sites for hydroxylation is 2. The zero-order valence-corrected chi connectivity index (χ0v) is 16.3. The molecule has 3 heterocycles. The van der Waals surface area contributed by atoms with Gasteiger partial charge in [0.2, 0.25) is 5.91 Å². The van der Waals surface area contributed by atoms with E-state index in [1.165, 1.54) is 12.0 Å². The lowest BCUT2D eigenvalue weighted by atomic mass is 9.85. The summed E-state index contributed by atoms with van der Waals surface area (Å²) in [6.07, 6.45) is 6.75. The van der Waals surface area contributed by atoms with Gasteiger partial charge in [-0.05, 0) is 39.3 Å². The first-order valence-electron chi connectivity index (χ1n) is 8.78. The van der Waals surface area contributed by atoms with E-state index in [4.69, 9.17) is 0 Å². The molecule has 0 spiro atoms. The van der Waals surface area contributed by atoms with E-state index < -0.39 is 0 Å². The highest BCUT2D eigenvalue weighted by Gasteiger charge is 2.32. The molecule has 0 bridgehead atoms. The molecule has 1 amide bonds. The van der Waals surface area contributed by atoms with Crippen LogP contribution in [0.2, 0.25) is 0 Å². The quantitative estimate of drug-likeness (QED) is 0.820. The minimum absolute atomic E-state index is 0.142. The normalized spacial score (nSPS) is 21.4. The van der Waals surface area contributed by atoms with Gasteiger partial charge in [0.25, 0.3) is 0 Å². The van der Waals surface area contributed by atoms with Gasteiger partial charge in [-0.3, -0.25) is 14.4 Å². The van der Waals surface area contributed by atoms with Crippen LogP contribution in [0.4, 0.5) is 0 Å². The Morgan fingerprint density at radius 3 is 2.88 bits per heavy atom. The molecule has 1 saturated heterocycles. The summed E-state index contributed by atoms with van der Waals surface area (Å²) in [6, 6.07) is 0.319. The van der Waals surface area contributed by atoms with Crippen molar-refractivity contribution in [1.29, 1.82) is 0 Å². The van der Waals surface area contributed by atoms with Crippen LogP contribution in [0.5, 0.6) is 0 Å². The van der Waals surface area contributed by atoms with Gasteiger partial charge < -0.3 is 4.90 Å². The highest BCUT2D eigenvalue weighted by Crippen LogP contribution is 2.35. The minimum atomic E-state index is 0.142. The number of thiazole rings is 1. The van der Waals surface area contributed by atoms with Crippen LogP contribution in [0.1, 0.15) is 35.1 Å². The van der Waals surface area contributed by atoms with Crippen LogP contribution in [0, 0.1) is 12.8 Å². The van der Waals surface area contributed by atoms with Crippen molar-refractivity contribution in [3.63, 3.8) is 0 Å². The molecule has 0 saturated carbocycles. The molecular formula is C18H27N5OS. The maximum Gasteiger partial charge on any atom is 0.228 e. The number of likely N-dealkylation sites (tertiary alicyclic amines) is 1. The fourth-order valence-corrected chi connectivity index (χ4v) is 4.42. The zero-order chi connectivity index (χ0) is 18.0. The summed E-state index contributed by atoms with van der Waals surface area (Å²) >= 11 is 1.60. The topological polar surface area (TPSA) is 54.3 Å². The minimum Gasteiger partial charge on any atom is -0.345 e. The predicted octanol–water partition coefficient (Wildman–Crippen LogP) is 2.27. The van der Waals surface area contributed by atoms with Gasteiger partial charge in [-0.15, -0.1) is 11.3 Å². The first-order valence-corrected chi connectivity index (χ1v) is 9.65. The highest BCUT2D eigenvalue weighted by atomic mass is 32.1. The first kappa shape index (κ1) is 18.1. The number of carbonyl (C=O) groups excluding carboxylic acids is 1. The monoisotopic (exact) mass is 361 g/mol. The molecule has 0 unspecified atom stereocenters. The average Bonchev–Trinajstić information content (AvgIpc) is 3.16. The van der Waals surface area contributed by atoms with Gasteiger partial charge in [-0.1, -0.05) is 0 Å². The SMILES string of the molecule is Cc1nc(CC(=O)N(C)C[C@@H]2CCCN(C)[C@H]2c2cnn(C)c2)cs1. The Balaban J connectivity index is 1.67. The average molecular weight is 362 g/mol. The lowest BCUT2D eigenvalue weighted by Gasteiger charge is -2.40. The lowest BCUT2D eigenvalue weighted by Crippen LogP contribution is -2.42. The molecule has 0 radical (unpaired) electrons. The van der Waals surface area contributed by atoms with E-state index in [9.17, 15) is 4.79 Å². The largest absolute Gasteiger partial charge is 0.345 e. The molecule has 136 valence electrons. The molecular weight excluding hydrogens is 334 g/mol. The second kappa shape index (κ2) is 7.66. The van der Waals surface area contributed by atoms with Gasteiger partial charge >= 0.3 is 0 Å². The number of likely N-dealkylation sites (N-methyl/N-ethyl adjacent to an activating group) is 1. The number of carbonyl (C=O) groups is 1. The molecule has 2 aromatic heterocycles. The smallest absolute Gasteiger partial charge is 0.228 e. The van der Waals surface area contributed by atoms with E-state index in [1.807, 2.05) is 42.2 Å². The molecule has 0 aromatic carbocycles. The maximum absolute atomic E-state index is 12.6. The molecule has 3 rings (SSSR count). The van der Waals surface area contributed by atoms with Crippen molar-refractivity contribution in [3.05, 3.63) is 34.0 Å². The summed E-state index contributed by atoms with van der Waals surface area (Å²) in [5, 5.41) is 7.33. The number of amides is 1. The van der Waals surface area contributed by atoms with Crippen LogP contribution in [0.3, 0.4) is 0 Å². The van der Waals surface area contributed by atoms with Crippen LogP contribution < -0.4 is 0 Å². The van der Waals surface area contributed by atoms with E-state index in [0.717, 1.165) is 30.2 Å². The maximum atomic E-state index is 12.6. The number of nitrogens with zero attached hydrogens (tertiary/aromatic N) is 5. The van der Waals surface area contributed by atoms with Crippen molar-refractivity contribution in [2.45, 2.75) is 32.2 Å². The summed E-state index contributed by atoms with van der Waals surface area (Å²) in [5.41, 5.74) is 2.12. The van der Waals surface area contributed by atoms with Gasteiger partial charge in [0.15, 0.2) is 0 Å². The third kappa shape index (κ3) is 4.27. The Morgan fingerprint density at radius 1 is 1.44 bits per heavy atom. The van der Waals surface area contributed by atoms with Crippen molar-refractivity contribution in [1.82, 2.24) is 24.6 Å². The molecule has 0 aliphatic carbocycles. The molecule has 1 fully saturated rings. The van der Waals surface area contributed by atoms with E-state index in [1.54, 1.807) is 11.3 Å². The lowest BCUT2D eigenvalue weighted by molar-refractivity contribution is -0.130. The van der Waals surface area contributed by atoms with E-state index >= 15 is 0 Å². The first-order chi connectivity index (χ1) is 11.9. The zero-order valence-electron chi connectivity index (χ0n) is 15.5. The second-order valence-corrected chi connectivity index (χ2v) is 8.15. The van der Waals surface area contributed by atoms with Crippen molar-refractivity contribution < 1.29 is 4.79 Å². The molecule has 2 atom stereocenters.